The lowest BCUT2D eigenvalue weighted by Crippen LogP contribution is -2.19. The molecule has 0 radical (unpaired) electrons. The normalized spacial score (nSPS) is 12.7. The summed E-state index contributed by atoms with van der Waals surface area (Å²) in [7, 11) is 0. The Morgan fingerprint density at radius 2 is 1.09 bits per heavy atom. The quantitative estimate of drug-likeness (QED) is 0.203. The number of hydrogen-bond donors (Lipinski definition) is 2. The lowest BCUT2D eigenvalue weighted by molar-refractivity contribution is -0.306. The van der Waals surface area contributed by atoms with E-state index in [0.717, 1.165) is 6.42 Å². The topological polar surface area (TPSA) is 58.9 Å². The summed E-state index contributed by atoms with van der Waals surface area (Å²) in [5, 5.41) is 17.6. The second kappa shape index (κ2) is 19.9. The first-order valence-electron chi connectivity index (χ1n) is 9.84. The van der Waals surface area contributed by atoms with E-state index < -0.39 is 6.10 Å². The van der Waals surface area contributed by atoms with Gasteiger partial charge in [-0.15, -0.1) is 0 Å². The maximum Gasteiger partial charge on any atom is 0.110 e. The molecule has 0 saturated heterocycles. The number of hydrogen-bond acceptors (Lipinski definition) is 4. The summed E-state index contributed by atoms with van der Waals surface area (Å²) in [6.45, 7) is 2.58. The zero-order valence-electron chi connectivity index (χ0n) is 15.3. The van der Waals surface area contributed by atoms with Crippen molar-refractivity contribution < 1.29 is 20.0 Å². The smallest absolute Gasteiger partial charge is 0.110 e. The summed E-state index contributed by atoms with van der Waals surface area (Å²) in [5.74, 6) is 0. The molecule has 0 aromatic carbocycles. The van der Waals surface area contributed by atoms with Gasteiger partial charge in [-0.2, -0.15) is 0 Å². The van der Waals surface area contributed by atoms with Gasteiger partial charge < -0.3 is 10.2 Å². The second-order valence-electron chi connectivity index (χ2n) is 6.54. The van der Waals surface area contributed by atoms with E-state index in [4.69, 9.17) is 20.0 Å². The number of rotatable bonds is 19. The average molecular weight is 333 g/mol. The fourth-order valence-electron chi connectivity index (χ4n) is 2.59. The van der Waals surface area contributed by atoms with Crippen LogP contribution in [0.25, 0.3) is 0 Å². The Morgan fingerprint density at radius 3 is 1.52 bits per heavy atom. The Balaban J connectivity index is 2.97. The molecule has 4 nitrogen and oxygen atoms in total. The van der Waals surface area contributed by atoms with Crippen LogP contribution in [0.1, 0.15) is 96.8 Å². The maximum atomic E-state index is 9.03. The minimum Gasteiger partial charge on any atom is -0.394 e. The Labute approximate surface area is 143 Å². The first kappa shape index (κ1) is 22.8. The van der Waals surface area contributed by atoms with E-state index >= 15 is 0 Å². The van der Waals surface area contributed by atoms with Crippen LogP contribution in [0.15, 0.2) is 0 Å². The van der Waals surface area contributed by atoms with Crippen LogP contribution in [0.4, 0.5) is 0 Å². The van der Waals surface area contributed by atoms with Crippen molar-refractivity contribution in [1.82, 2.24) is 0 Å². The molecule has 140 valence electrons. The van der Waals surface area contributed by atoms with Gasteiger partial charge >= 0.3 is 0 Å². The van der Waals surface area contributed by atoms with E-state index in [1.165, 1.54) is 83.5 Å². The molecule has 0 rings (SSSR count). The number of unbranched alkanes of at least 4 members (excludes halogenated alkanes) is 13. The van der Waals surface area contributed by atoms with Crippen LogP contribution in [0.5, 0.6) is 0 Å². The van der Waals surface area contributed by atoms with E-state index in [0.29, 0.717) is 6.61 Å². The Bertz CT molecular complexity index is 212. The van der Waals surface area contributed by atoms with Crippen LogP contribution in [0, 0.1) is 0 Å². The average Bonchev–Trinajstić information content (AvgIpc) is 2.57. The van der Waals surface area contributed by atoms with Gasteiger partial charge in [-0.05, 0) is 6.42 Å². The van der Waals surface area contributed by atoms with E-state index in [1.807, 2.05) is 0 Å². The van der Waals surface area contributed by atoms with Crippen LogP contribution in [0.2, 0.25) is 0 Å². The van der Waals surface area contributed by atoms with Crippen LogP contribution in [0.3, 0.4) is 0 Å². The zero-order chi connectivity index (χ0) is 17.0. The SMILES string of the molecule is CCCCCCCCCCCCCCCCOOCC(O)CO. The number of aliphatic hydroxyl groups excluding tert-OH is 2. The Hall–Kier alpha value is -0.160. The third-order valence-corrected chi connectivity index (χ3v) is 4.14. The molecule has 23 heavy (non-hydrogen) atoms. The number of aliphatic hydroxyl groups is 2. The molecule has 1 atom stereocenters. The molecule has 0 amide bonds. The molecular formula is C19H40O4. The van der Waals surface area contributed by atoms with Crippen molar-refractivity contribution in [3.63, 3.8) is 0 Å². The van der Waals surface area contributed by atoms with Gasteiger partial charge in [0.05, 0.1) is 13.2 Å². The Kier molecular flexibility index (Phi) is 19.7. The predicted molar refractivity (Wildman–Crippen MR) is 95.3 cm³/mol. The van der Waals surface area contributed by atoms with Crippen molar-refractivity contribution in [2.24, 2.45) is 0 Å². The van der Waals surface area contributed by atoms with Gasteiger partial charge in [-0.3, -0.25) is 0 Å². The van der Waals surface area contributed by atoms with Crippen molar-refractivity contribution in [3.8, 4) is 0 Å². The van der Waals surface area contributed by atoms with E-state index in [-0.39, 0.29) is 13.2 Å². The van der Waals surface area contributed by atoms with Crippen LogP contribution in [-0.2, 0) is 9.78 Å². The molecular weight excluding hydrogens is 292 g/mol. The van der Waals surface area contributed by atoms with Gasteiger partial charge in [0.2, 0.25) is 0 Å². The fourth-order valence-corrected chi connectivity index (χ4v) is 2.59. The highest BCUT2D eigenvalue weighted by atomic mass is 17.2. The summed E-state index contributed by atoms with van der Waals surface area (Å²) in [5.41, 5.74) is 0. The predicted octanol–water partition coefficient (Wildman–Crippen LogP) is 4.77. The fraction of sp³-hybridized carbons (Fsp3) is 1.00. The van der Waals surface area contributed by atoms with Crippen molar-refractivity contribution in [3.05, 3.63) is 0 Å². The standard InChI is InChI=1S/C19H40O4/c1-2-3-4-5-6-7-8-9-10-11-12-13-14-15-16-22-23-18-19(21)17-20/h19-21H,2-18H2,1H3. The Morgan fingerprint density at radius 1 is 0.652 bits per heavy atom. The first-order valence-corrected chi connectivity index (χ1v) is 9.84. The second-order valence-corrected chi connectivity index (χ2v) is 6.54. The summed E-state index contributed by atoms with van der Waals surface area (Å²) in [4.78, 5) is 9.73. The largest absolute Gasteiger partial charge is 0.394 e. The lowest BCUT2D eigenvalue weighted by Gasteiger charge is -2.07. The minimum atomic E-state index is -0.841. The van der Waals surface area contributed by atoms with Gasteiger partial charge in [0.1, 0.15) is 12.7 Å². The van der Waals surface area contributed by atoms with Gasteiger partial charge in [0, 0.05) is 0 Å². The molecule has 0 saturated carbocycles. The van der Waals surface area contributed by atoms with Gasteiger partial charge in [-0.25, -0.2) is 9.78 Å². The molecule has 4 heteroatoms. The molecule has 0 fully saturated rings. The molecule has 2 N–H and O–H groups in total. The summed E-state index contributed by atoms with van der Waals surface area (Å²) >= 11 is 0. The van der Waals surface area contributed by atoms with E-state index in [1.54, 1.807) is 0 Å². The summed E-state index contributed by atoms with van der Waals surface area (Å²) in [6, 6.07) is 0. The zero-order valence-corrected chi connectivity index (χ0v) is 15.3. The molecule has 0 bridgehead atoms. The van der Waals surface area contributed by atoms with Gasteiger partial charge in [-0.1, -0.05) is 90.4 Å². The molecule has 0 aliphatic heterocycles. The summed E-state index contributed by atoms with van der Waals surface area (Å²) in [6.07, 6.45) is 17.9. The van der Waals surface area contributed by atoms with Crippen molar-refractivity contribution in [2.75, 3.05) is 19.8 Å². The minimum absolute atomic E-state index is 0.0368. The van der Waals surface area contributed by atoms with Crippen LogP contribution >= 0.6 is 0 Å². The molecule has 0 aromatic rings. The van der Waals surface area contributed by atoms with Gasteiger partial charge in [0.15, 0.2) is 0 Å². The van der Waals surface area contributed by atoms with Gasteiger partial charge in [0.25, 0.3) is 0 Å². The highest BCUT2D eigenvalue weighted by Gasteiger charge is 2.01. The third-order valence-electron chi connectivity index (χ3n) is 4.14. The van der Waals surface area contributed by atoms with E-state index in [2.05, 4.69) is 6.92 Å². The third kappa shape index (κ3) is 19.8. The summed E-state index contributed by atoms with van der Waals surface area (Å²) < 4.78 is 0. The molecule has 0 aromatic heterocycles. The lowest BCUT2D eigenvalue weighted by atomic mass is 10.0. The first-order chi connectivity index (χ1) is 11.3. The van der Waals surface area contributed by atoms with E-state index in [9.17, 15) is 0 Å². The molecule has 1 unspecified atom stereocenters. The molecule has 0 spiro atoms. The maximum absolute atomic E-state index is 9.03. The van der Waals surface area contributed by atoms with Crippen molar-refractivity contribution in [1.29, 1.82) is 0 Å². The van der Waals surface area contributed by atoms with Crippen LogP contribution < -0.4 is 0 Å². The van der Waals surface area contributed by atoms with Crippen LogP contribution in [-0.4, -0.2) is 36.1 Å². The monoisotopic (exact) mass is 332 g/mol. The van der Waals surface area contributed by atoms with Crippen molar-refractivity contribution >= 4 is 0 Å². The molecule has 0 aliphatic carbocycles. The highest BCUT2D eigenvalue weighted by molar-refractivity contribution is 4.49. The highest BCUT2D eigenvalue weighted by Crippen LogP contribution is 2.12. The molecule has 0 heterocycles. The van der Waals surface area contributed by atoms with Crippen molar-refractivity contribution in [2.45, 2.75) is 103 Å². The molecule has 0 aliphatic rings.